The molecule has 20 heavy (non-hydrogen) atoms. The lowest BCUT2D eigenvalue weighted by Crippen LogP contribution is -2.29. The largest absolute Gasteiger partial charge is 0.468 e. The smallest absolute Gasteiger partial charge is 0.240 e. The summed E-state index contributed by atoms with van der Waals surface area (Å²) < 4.78 is 17.5. The highest BCUT2D eigenvalue weighted by atomic mass is 32.2. The van der Waals surface area contributed by atoms with Crippen LogP contribution in [-0.2, 0) is 15.6 Å². The number of benzene rings is 1. The molecule has 0 bridgehead atoms. The Labute approximate surface area is 120 Å². The molecule has 1 heterocycles. The van der Waals surface area contributed by atoms with Crippen LogP contribution in [0.5, 0.6) is 0 Å². The zero-order valence-corrected chi connectivity index (χ0v) is 12.5. The van der Waals surface area contributed by atoms with E-state index < -0.39 is 16.0 Å². The van der Waals surface area contributed by atoms with Gasteiger partial charge >= 0.3 is 0 Å². The molecule has 0 aliphatic heterocycles. The van der Waals surface area contributed by atoms with Crippen molar-refractivity contribution in [2.45, 2.75) is 30.9 Å². The van der Waals surface area contributed by atoms with Crippen LogP contribution in [0.1, 0.15) is 18.2 Å². The molecule has 4 nitrogen and oxygen atoms in total. The Morgan fingerprint density at radius 1 is 1.25 bits per heavy atom. The molecule has 1 aromatic heterocycles. The van der Waals surface area contributed by atoms with Crippen LogP contribution in [0.4, 0.5) is 5.69 Å². The van der Waals surface area contributed by atoms with Crippen molar-refractivity contribution in [3.63, 3.8) is 0 Å². The number of rotatable bonds is 4. The van der Waals surface area contributed by atoms with Gasteiger partial charge in [0.15, 0.2) is 0 Å². The van der Waals surface area contributed by atoms with Gasteiger partial charge in [0.05, 0.1) is 22.0 Å². The lowest BCUT2D eigenvalue weighted by atomic mass is 10.2. The van der Waals surface area contributed by atoms with E-state index in [1.54, 1.807) is 19.9 Å². The fraction of sp³-hybridized carbons (Fsp3) is 0.267. The summed E-state index contributed by atoms with van der Waals surface area (Å²) in [5.74, 6) is 0.317. The lowest BCUT2D eigenvalue weighted by molar-refractivity contribution is -0.115. The molecule has 1 aromatic carbocycles. The molecule has 0 saturated carbocycles. The van der Waals surface area contributed by atoms with Crippen molar-refractivity contribution >= 4 is 22.4 Å². The van der Waals surface area contributed by atoms with Gasteiger partial charge in [0.25, 0.3) is 0 Å². The van der Waals surface area contributed by atoms with Crippen LogP contribution < -0.4 is 5.32 Å². The molecule has 0 aliphatic carbocycles. The molecule has 0 radical (unpaired) electrons. The molecule has 0 aliphatic rings. The summed E-state index contributed by atoms with van der Waals surface area (Å²) in [6.07, 6.45) is 1.48. The van der Waals surface area contributed by atoms with Crippen molar-refractivity contribution in [1.29, 1.82) is 0 Å². The maximum atomic E-state index is 12.3. The summed E-state index contributed by atoms with van der Waals surface area (Å²) in [6.45, 7) is 5.30. The number of para-hydroxylation sites is 1. The van der Waals surface area contributed by atoms with Crippen molar-refractivity contribution < 1.29 is 13.4 Å². The van der Waals surface area contributed by atoms with Gasteiger partial charge in [-0.1, -0.05) is 18.2 Å². The van der Waals surface area contributed by atoms with Crippen molar-refractivity contribution in [1.82, 2.24) is 0 Å². The number of furan rings is 1. The van der Waals surface area contributed by atoms with Crippen LogP contribution in [0.3, 0.4) is 0 Å². The quantitative estimate of drug-likeness (QED) is 0.942. The predicted octanol–water partition coefficient (Wildman–Crippen LogP) is 3.03. The number of nitrogens with one attached hydrogen (secondary N) is 1. The summed E-state index contributed by atoms with van der Waals surface area (Å²) in [5.41, 5.74) is 1.71. The number of anilines is 1. The highest BCUT2D eigenvalue weighted by Crippen LogP contribution is 2.19. The third kappa shape index (κ3) is 2.99. The van der Waals surface area contributed by atoms with E-state index in [2.05, 4.69) is 5.32 Å². The van der Waals surface area contributed by atoms with Crippen LogP contribution >= 0.6 is 0 Å². The van der Waals surface area contributed by atoms with Crippen LogP contribution in [0, 0.1) is 13.8 Å². The van der Waals surface area contributed by atoms with Crippen molar-refractivity contribution in [3.05, 3.63) is 47.9 Å². The molecule has 1 N–H and O–H groups in total. The van der Waals surface area contributed by atoms with Gasteiger partial charge in [-0.25, -0.2) is 0 Å². The highest BCUT2D eigenvalue weighted by Gasteiger charge is 2.24. The van der Waals surface area contributed by atoms with Crippen LogP contribution in [0.25, 0.3) is 0 Å². The molecule has 2 rings (SSSR count). The minimum atomic E-state index is -1.42. The molecule has 5 heteroatoms. The molecular formula is C15H17NO3S. The first-order chi connectivity index (χ1) is 9.50. The van der Waals surface area contributed by atoms with Crippen LogP contribution in [0.15, 0.2) is 45.9 Å². The van der Waals surface area contributed by atoms with Gasteiger partial charge in [0, 0.05) is 5.69 Å². The van der Waals surface area contributed by atoms with Crippen LogP contribution in [0.2, 0.25) is 0 Å². The number of amides is 1. The number of carbonyl (C=O) groups excluding carboxylic acids is 1. The summed E-state index contributed by atoms with van der Waals surface area (Å²) in [4.78, 5) is 12.7. The summed E-state index contributed by atoms with van der Waals surface area (Å²) >= 11 is 0. The zero-order chi connectivity index (χ0) is 14.7. The molecule has 106 valence electrons. The first-order valence-electron chi connectivity index (χ1n) is 6.32. The summed E-state index contributed by atoms with van der Waals surface area (Å²) in [6, 6.07) is 9.14. The Kier molecular flexibility index (Phi) is 4.39. The van der Waals surface area contributed by atoms with E-state index >= 15 is 0 Å². The maximum absolute atomic E-state index is 12.3. The lowest BCUT2D eigenvalue weighted by Gasteiger charge is -2.13. The maximum Gasteiger partial charge on any atom is 0.240 e. The molecular weight excluding hydrogens is 274 g/mol. The van der Waals surface area contributed by atoms with Gasteiger partial charge in [0.1, 0.15) is 11.0 Å². The van der Waals surface area contributed by atoms with E-state index in [-0.39, 0.29) is 5.91 Å². The third-order valence-corrected chi connectivity index (χ3v) is 4.83. The fourth-order valence-electron chi connectivity index (χ4n) is 1.82. The monoisotopic (exact) mass is 291 g/mol. The SMILES string of the molecule is Cc1ccccc1NC(=O)[C@@H](C)[S@@](=O)c1ccoc1C. The number of carbonyl (C=O) groups is 1. The second-order valence-electron chi connectivity index (χ2n) is 4.58. The summed E-state index contributed by atoms with van der Waals surface area (Å²) in [7, 11) is -1.42. The van der Waals surface area contributed by atoms with E-state index in [1.807, 2.05) is 31.2 Å². The van der Waals surface area contributed by atoms with Crippen molar-refractivity contribution in [3.8, 4) is 0 Å². The van der Waals surface area contributed by atoms with E-state index in [0.717, 1.165) is 11.3 Å². The van der Waals surface area contributed by atoms with Crippen molar-refractivity contribution in [2.24, 2.45) is 0 Å². The molecule has 0 saturated heterocycles. The average molecular weight is 291 g/mol. The molecule has 0 spiro atoms. The first kappa shape index (κ1) is 14.5. The van der Waals surface area contributed by atoms with Crippen LogP contribution in [-0.4, -0.2) is 15.4 Å². The van der Waals surface area contributed by atoms with Gasteiger partial charge in [-0.05, 0) is 38.5 Å². The van der Waals surface area contributed by atoms with Gasteiger partial charge in [-0.3, -0.25) is 9.00 Å². The number of aryl methyl sites for hydroxylation is 2. The Morgan fingerprint density at radius 3 is 2.55 bits per heavy atom. The van der Waals surface area contributed by atoms with E-state index in [9.17, 15) is 9.00 Å². The minimum Gasteiger partial charge on any atom is -0.468 e. The normalized spacial score (nSPS) is 13.8. The number of hydrogen-bond donors (Lipinski definition) is 1. The molecule has 0 fully saturated rings. The van der Waals surface area contributed by atoms with Gasteiger partial charge in [-0.2, -0.15) is 0 Å². The van der Waals surface area contributed by atoms with E-state index in [0.29, 0.717) is 10.7 Å². The molecule has 0 unspecified atom stereocenters. The Balaban J connectivity index is 2.12. The Morgan fingerprint density at radius 2 is 1.95 bits per heavy atom. The molecule has 2 aromatic rings. The van der Waals surface area contributed by atoms with E-state index in [1.165, 1.54) is 6.26 Å². The van der Waals surface area contributed by atoms with Gasteiger partial charge < -0.3 is 9.73 Å². The Bertz CT molecular complexity index is 648. The average Bonchev–Trinajstić information content (AvgIpc) is 2.86. The van der Waals surface area contributed by atoms with E-state index in [4.69, 9.17) is 4.42 Å². The van der Waals surface area contributed by atoms with Gasteiger partial charge in [-0.15, -0.1) is 0 Å². The predicted molar refractivity (Wildman–Crippen MR) is 79.1 cm³/mol. The van der Waals surface area contributed by atoms with Gasteiger partial charge in [0.2, 0.25) is 5.91 Å². The third-order valence-electron chi connectivity index (χ3n) is 3.12. The Hall–Kier alpha value is -1.88. The zero-order valence-electron chi connectivity index (χ0n) is 11.7. The summed E-state index contributed by atoms with van der Waals surface area (Å²) in [5, 5.41) is 2.16. The number of hydrogen-bond acceptors (Lipinski definition) is 3. The topological polar surface area (TPSA) is 59.3 Å². The second kappa shape index (κ2) is 6.05. The first-order valence-corrected chi connectivity index (χ1v) is 7.53. The van der Waals surface area contributed by atoms with Crippen molar-refractivity contribution in [2.75, 3.05) is 5.32 Å². The highest BCUT2D eigenvalue weighted by molar-refractivity contribution is 7.86. The minimum absolute atomic E-state index is 0.266. The standard InChI is InChI=1S/C15H17NO3S/c1-10-6-4-5-7-13(10)16-15(17)12(3)20(18)14-8-9-19-11(14)2/h4-9,12H,1-3H3,(H,16,17)/t12-,20-/m1/s1. The second-order valence-corrected chi connectivity index (χ2v) is 6.33. The molecule has 2 atom stereocenters. The fourth-order valence-corrected chi connectivity index (χ4v) is 2.97. The molecule has 1 amide bonds.